The number of carbonyl (C=O) groups excluding carboxylic acids is 1. The Morgan fingerprint density at radius 1 is 1.18 bits per heavy atom. The number of likely N-dealkylation sites (tertiary alicyclic amines) is 1. The van der Waals surface area contributed by atoms with E-state index in [9.17, 15) is 4.79 Å². The largest absolute Gasteiger partial charge is 0.342 e. The molecule has 4 aromatic rings. The van der Waals surface area contributed by atoms with Gasteiger partial charge in [-0.05, 0) is 63.4 Å². The van der Waals surface area contributed by atoms with Crippen molar-refractivity contribution in [2.75, 3.05) is 13.1 Å². The summed E-state index contributed by atoms with van der Waals surface area (Å²) in [6.07, 6.45) is 2.37. The minimum Gasteiger partial charge on any atom is -0.342 e. The maximum Gasteiger partial charge on any atom is 0.227 e. The Kier molecular flexibility index (Phi) is 5.71. The molecule has 6 nitrogen and oxygen atoms in total. The third-order valence-electron chi connectivity index (χ3n) is 6.74. The highest BCUT2D eigenvalue weighted by Gasteiger charge is 2.28. The number of nitrogens with zero attached hydrogens (tertiary/aromatic N) is 4. The minimum atomic E-state index is 0.142. The number of fused-ring (bicyclic) bond motifs is 1. The van der Waals surface area contributed by atoms with E-state index in [1.165, 1.54) is 0 Å². The SMILES string of the molecule is Cc1ccc(-n2nc(C)c(CC(=O)N3CCCC(c4nc5ccccc5[nH]4)C3)c2C)cc1Cl. The molecule has 5 rings (SSSR count). The molecule has 0 saturated carbocycles. The molecular formula is C26H28ClN5O. The van der Waals surface area contributed by atoms with Crippen LogP contribution in [0, 0.1) is 20.8 Å². The molecular weight excluding hydrogens is 434 g/mol. The molecule has 0 spiro atoms. The number of amides is 1. The molecule has 2 aromatic carbocycles. The van der Waals surface area contributed by atoms with Crippen molar-refractivity contribution in [2.45, 2.75) is 46.0 Å². The summed E-state index contributed by atoms with van der Waals surface area (Å²) in [7, 11) is 0. The molecule has 1 N–H and O–H groups in total. The van der Waals surface area contributed by atoms with Gasteiger partial charge in [0, 0.05) is 35.3 Å². The molecule has 0 radical (unpaired) electrons. The lowest BCUT2D eigenvalue weighted by Crippen LogP contribution is -2.40. The lowest BCUT2D eigenvalue weighted by Gasteiger charge is -2.32. The van der Waals surface area contributed by atoms with E-state index >= 15 is 0 Å². The van der Waals surface area contributed by atoms with Crippen molar-refractivity contribution in [1.29, 1.82) is 0 Å². The molecule has 170 valence electrons. The van der Waals surface area contributed by atoms with Gasteiger partial charge in [-0.3, -0.25) is 4.79 Å². The molecule has 1 atom stereocenters. The molecule has 7 heteroatoms. The van der Waals surface area contributed by atoms with Crippen LogP contribution in [0.3, 0.4) is 0 Å². The van der Waals surface area contributed by atoms with Crippen molar-refractivity contribution in [3.63, 3.8) is 0 Å². The van der Waals surface area contributed by atoms with Gasteiger partial charge in [0.25, 0.3) is 0 Å². The Labute approximate surface area is 198 Å². The fourth-order valence-electron chi connectivity index (χ4n) is 4.75. The molecule has 1 aliphatic heterocycles. The van der Waals surface area contributed by atoms with Crippen LogP contribution < -0.4 is 0 Å². The van der Waals surface area contributed by atoms with Gasteiger partial charge in [0.15, 0.2) is 0 Å². The van der Waals surface area contributed by atoms with Crippen molar-refractivity contribution in [3.05, 3.63) is 75.8 Å². The normalized spacial score (nSPS) is 16.5. The van der Waals surface area contributed by atoms with E-state index in [0.717, 1.165) is 64.4 Å². The second kappa shape index (κ2) is 8.67. The van der Waals surface area contributed by atoms with Gasteiger partial charge >= 0.3 is 0 Å². The monoisotopic (exact) mass is 461 g/mol. The van der Waals surface area contributed by atoms with Crippen molar-refractivity contribution in [1.82, 2.24) is 24.6 Å². The van der Waals surface area contributed by atoms with Crippen LogP contribution in [0.4, 0.5) is 0 Å². The van der Waals surface area contributed by atoms with Gasteiger partial charge in [-0.2, -0.15) is 5.10 Å². The summed E-state index contributed by atoms with van der Waals surface area (Å²) in [6, 6.07) is 14.0. The van der Waals surface area contributed by atoms with Gasteiger partial charge in [0.1, 0.15) is 5.82 Å². The lowest BCUT2D eigenvalue weighted by atomic mass is 9.96. The number of imidazole rings is 1. The maximum atomic E-state index is 13.3. The van der Waals surface area contributed by atoms with Crippen LogP contribution >= 0.6 is 11.6 Å². The number of hydrogen-bond acceptors (Lipinski definition) is 3. The molecule has 1 unspecified atom stereocenters. The first-order chi connectivity index (χ1) is 15.9. The van der Waals surface area contributed by atoms with Gasteiger partial charge in [0.05, 0.1) is 28.8 Å². The van der Waals surface area contributed by atoms with Crippen LogP contribution in [0.1, 0.15) is 47.1 Å². The Balaban J connectivity index is 1.34. The van der Waals surface area contributed by atoms with E-state index < -0.39 is 0 Å². The first kappa shape index (κ1) is 21.7. The maximum absolute atomic E-state index is 13.3. The second-order valence-electron chi connectivity index (χ2n) is 8.99. The number of piperidine rings is 1. The molecule has 2 aromatic heterocycles. The summed E-state index contributed by atoms with van der Waals surface area (Å²) in [6.45, 7) is 7.45. The number of H-pyrrole nitrogens is 1. The summed E-state index contributed by atoms with van der Waals surface area (Å²) in [4.78, 5) is 23.5. The summed E-state index contributed by atoms with van der Waals surface area (Å²) in [5.41, 5.74) is 6.81. The van der Waals surface area contributed by atoms with Crippen LogP contribution in [0.5, 0.6) is 0 Å². The fourth-order valence-corrected chi connectivity index (χ4v) is 4.93. The standard InChI is InChI=1S/C26H28ClN5O/c1-16-10-11-20(13-22(16)27)32-18(3)21(17(2)30-32)14-25(33)31-12-6-7-19(15-31)26-28-23-8-4-5-9-24(23)29-26/h4-5,8-11,13,19H,6-7,12,14-15H2,1-3H3,(H,28,29). The van der Waals surface area contributed by atoms with Gasteiger partial charge in [0.2, 0.25) is 5.91 Å². The Bertz CT molecular complexity index is 1300. The summed E-state index contributed by atoms with van der Waals surface area (Å²) >= 11 is 6.33. The van der Waals surface area contributed by atoms with E-state index in [4.69, 9.17) is 21.7 Å². The minimum absolute atomic E-state index is 0.142. The average molecular weight is 462 g/mol. The van der Waals surface area contributed by atoms with E-state index in [2.05, 4.69) is 4.98 Å². The Hall–Kier alpha value is -3.12. The summed E-state index contributed by atoms with van der Waals surface area (Å²) in [5.74, 6) is 1.35. The molecule has 0 aliphatic carbocycles. The number of nitrogens with one attached hydrogen (secondary N) is 1. The molecule has 0 bridgehead atoms. The average Bonchev–Trinajstić information content (AvgIpc) is 3.37. The van der Waals surface area contributed by atoms with Crippen molar-refractivity contribution in [2.24, 2.45) is 0 Å². The molecule has 1 fully saturated rings. The molecule has 3 heterocycles. The van der Waals surface area contributed by atoms with Crippen molar-refractivity contribution < 1.29 is 4.79 Å². The van der Waals surface area contributed by atoms with Gasteiger partial charge in [-0.1, -0.05) is 29.8 Å². The van der Waals surface area contributed by atoms with Crippen LogP contribution in [0.15, 0.2) is 42.5 Å². The van der Waals surface area contributed by atoms with Crippen LogP contribution in [-0.2, 0) is 11.2 Å². The zero-order valence-electron chi connectivity index (χ0n) is 19.2. The van der Waals surface area contributed by atoms with E-state index in [1.54, 1.807) is 0 Å². The smallest absolute Gasteiger partial charge is 0.227 e. The predicted octanol–water partition coefficient (Wildman–Crippen LogP) is 5.28. The summed E-state index contributed by atoms with van der Waals surface area (Å²) < 4.78 is 1.89. The number of hydrogen-bond donors (Lipinski definition) is 1. The molecule has 33 heavy (non-hydrogen) atoms. The first-order valence-corrected chi connectivity index (χ1v) is 11.8. The fraction of sp³-hybridized carbons (Fsp3) is 0.346. The number of rotatable bonds is 4. The van der Waals surface area contributed by atoms with Crippen molar-refractivity contribution >= 4 is 28.5 Å². The van der Waals surface area contributed by atoms with Crippen LogP contribution in [0.2, 0.25) is 5.02 Å². The number of benzene rings is 2. The third kappa shape index (κ3) is 4.15. The van der Waals surface area contributed by atoms with Gasteiger partial charge in [-0.25, -0.2) is 9.67 Å². The number of carbonyl (C=O) groups is 1. The quantitative estimate of drug-likeness (QED) is 0.449. The van der Waals surface area contributed by atoms with Crippen molar-refractivity contribution in [3.8, 4) is 5.69 Å². The Morgan fingerprint density at radius 3 is 2.79 bits per heavy atom. The number of aromatic amines is 1. The predicted molar refractivity (Wildman–Crippen MR) is 131 cm³/mol. The second-order valence-corrected chi connectivity index (χ2v) is 9.40. The zero-order chi connectivity index (χ0) is 23.1. The molecule has 1 aliphatic rings. The molecule has 1 saturated heterocycles. The van der Waals surface area contributed by atoms with Crippen LogP contribution in [-0.4, -0.2) is 43.6 Å². The Morgan fingerprint density at radius 2 is 2.00 bits per heavy atom. The topological polar surface area (TPSA) is 66.8 Å². The highest BCUT2D eigenvalue weighted by molar-refractivity contribution is 6.31. The summed E-state index contributed by atoms with van der Waals surface area (Å²) in [5, 5.41) is 5.42. The van der Waals surface area contributed by atoms with E-state index in [0.29, 0.717) is 18.0 Å². The number of halogens is 1. The highest BCUT2D eigenvalue weighted by atomic mass is 35.5. The van der Waals surface area contributed by atoms with Crippen LogP contribution in [0.25, 0.3) is 16.7 Å². The van der Waals surface area contributed by atoms with E-state index in [1.807, 2.05) is 72.8 Å². The third-order valence-corrected chi connectivity index (χ3v) is 7.14. The number of para-hydroxylation sites is 2. The zero-order valence-corrected chi connectivity index (χ0v) is 20.0. The molecule has 1 amide bonds. The first-order valence-electron chi connectivity index (χ1n) is 11.4. The van der Waals surface area contributed by atoms with Gasteiger partial charge < -0.3 is 9.88 Å². The number of aromatic nitrogens is 4. The van der Waals surface area contributed by atoms with Gasteiger partial charge in [-0.15, -0.1) is 0 Å². The highest BCUT2D eigenvalue weighted by Crippen LogP contribution is 2.28. The number of aryl methyl sites for hydroxylation is 2. The van der Waals surface area contributed by atoms with E-state index in [-0.39, 0.29) is 11.8 Å². The lowest BCUT2D eigenvalue weighted by molar-refractivity contribution is -0.131.